The molecule has 1 aliphatic rings. The van der Waals surface area contributed by atoms with Crippen LogP contribution >= 0.6 is 0 Å². The molecule has 1 aromatic carbocycles. The van der Waals surface area contributed by atoms with Crippen molar-refractivity contribution in [2.75, 3.05) is 13.1 Å². The van der Waals surface area contributed by atoms with E-state index in [9.17, 15) is 8.78 Å². The Labute approximate surface area is 120 Å². The molecule has 4 heteroatoms. The first-order valence-corrected chi connectivity index (χ1v) is 7.41. The number of hydrogen-bond donors (Lipinski definition) is 1. The number of benzene rings is 1. The van der Waals surface area contributed by atoms with E-state index in [4.69, 9.17) is 5.73 Å². The summed E-state index contributed by atoms with van der Waals surface area (Å²) in [5, 5.41) is 0. The number of hydrogen-bond acceptors (Lipinski definition) is 2. The molecule has 0 aromatic heterocycles. The smallest absolute Gasteiger partial charge is 0.126 e. The van der Waals surface area contributed by atoms with E-state index >= 15 is 0 Å². The second-order valence-electron chi connectivity index (χ2n) is 6.22. The monoisotopic (exact) mass is 282 g/mol. The number of nitrogens with two attached hydrogens (primary N) is 1. The Bertz CT molecular complexity index is 424. The summed E-state index contributed by atoms with van der Waals surface area (Å²) in [6.07, 6.45) is 3.25. The van der Waals surface area contributed by atoms with Gasteiger partial charge in [-0.05, 0) is 42.9 Å². The second-order valence-corrected chi connectivity index (χ2v) is 6.22. The molecule has 0 saturated heterocycles. The number of rotatable bonds is 7. The maximum atomic E-state index is 13.2. The molecule has 1 fully saturated rings. The van der Waals surface area contributed by atoms with E-state index in [1.807, 2.05) is 0 Å². The lowest BCUT2D eigenvalue weighted by Crippen LogP contribution is -2.32. The Balaban J connectivity index is 1.91. The molecule has 1 aliphatic carbocycles. The molecule has 0 amide bonds. The van der Waals surface area contributed by atoms with Crippen molar-refractivity contribution >= 4 is 0 Å². The van der Waals surface area contributed by atoms with E-state index in [0.717, 1.165) is 25.6 Å². The fourth-order valence-electron chi connectivity index (χ4n) is 2.59. The molecule has 1 atom stereocenters. The highest BCUT2D eigenvalue weighted by atomic mass is 19.1. The fraction of sp³-hybridized carbons (Fsp3) is 0.625. The minimum absolute atomic E-state index is 0.311. The molecule has 0 heterocycles. The van der Waals surface area contributed by atoms with Gasteiger partial charge in [-0.1, -0.05) is 13.8 Å². The highest BCUT2D eigenvalue weighted by molar-refractivity contribution is 5.21. The quantitative estimate of drug-likeness (QED) is 0.829. The summed E-state index contributed by atoms with van der Waals surface area (Å²) in [6.45, 7) is 6.37. The highest BCUT2D eigenvalue weighted by Gasteiger charge is 2.29. The van der Waals surface area contributed by atoms with Gasteiger partial charge in [0.25, 0.3) is 0 Å². The lowest BCUT2D eigenvalue weighted by atomic mass is 10.0. The zero-order valence-electron chi connectivity index (χ0n) is 12.3. The van der Waals surface area contributed by atoms with Crippen molar-refractivity contribution < 1.29 is 8.78 Å². The van der Waals surface area contributed by atoms with E-state index in [-0.39, 0.29) is 6.04 Å². The minimum Gasteiger partial charge on any atom is -0.324 e. The molecule has 2 N–H and O–H groups in total. The molecule has 0 aliphatic heterocycles. The van der Waals surface area contributed by atoms with Gasteiger partial charge in [0.1, 0.15) is 11.6 Å². The largest absolute Gasteiger partial charge is 0.324 e. The minimum atomic E-state index is -0.559. The molecule has 0 spiro atoms. The zero-order valence-corrected chi connectivity index (χ0v) is 12.3. The van der Waals surface area contributed by atoms with Crippen LogP contribution in [0.5, 0.6) is 0 Å². The van der Waals surface area contributed by atoms with Crippen LogP contribution in [0, 0.1) is 17.6 Å². The van der Waals surface area contributed by atoms with Gasteiger partial charge in [-0.25, -0.2) is 8.78 Å². The zero-order chi connectivity index (χ0) is 14.7. The van der Waals surface area contributed by atoms with Crippen LogP contribution in [0.2, 0.25) is 0 Å². The Hall–Kier alpha value is -1.00. The van der Waals surface area contributed by atoms with Crippen LogP contribution in [0.4, 0.5) is 8.78 Å². The van der Waals surface area contributed by atoms with E-state index in [1.54, 1.807) is 0 Å². The molecule has 1 aromatic rings. The Morgan fingerprint density at radius 3 is 2.30 bits per heavy atom. The third-order valence-corrected chi connectivity index (χ3v) is 3.70. The van der Waals surface area contributed by atoms with Crippen LogP contribution in [-0.2, 0) is 0 Å². The van der Waals surface area contributed by atoms with Crippen molar-refractivity contribution in [3.05, 3.63) is 35.4 Å². The molecule has 20 heavy (non-hydrogen) atoms. The molecular weight excluding hydrogens is 258 g/mol. The molecular formula is C16H24F2N2. The average Bonchev–Trinajstić information content (AvgIpc) is 3.16. The Morgan fingerprint density at radius 1 is 1.20 bits per heavy atom. The van der Waals surface area contributed by atoms with E-state index in [1.165, 1.54) is 25.0 Å². The van der Waals surface area contributed by atoms with E-state index < -0.39 is 11.6 Å². The van der Waals surface area contributed by atoms with Crippen molar-refractivity contribution in [3.63, 3.8) is 0 Å². The van der Waals surface area contributed by atoms with Gasteiger partial charge < -0.3 is 10.6 Å². The van der Waals surface area contributed by atoms with Crippen molar-refractivity contribution in [2.24, 2.45) is 11.7 Å². The SMILES string of the molecule is CC(C)CN(CCC(N)c1cc(F)cc(F)c1)C1CC1. The second kappa shape index (κ2) is 6.64. The molecule has 2 rings (SSSR count). The van der Waals surface area contributed by atoms with Crippen molar-refractivity contribution in [3.8, 4) is 0 Å². The number of nitrogens with zero attached hydrogens (tertiary/aromatic N) is 1. The highest BCUT2D eigenvalue weighted by Crippen LogP contribution is 2.28. The predicted molar refractivity (Wildman–Crippen MR) is 77.3 cm³/mol. The first-order chi connectivity index (χ1) is 9.45. The van der Waals surface area contributed by atoms with Gasteiger partial charge in [-0.2, -0.15) is 0 Å². The summed E-state index contributed by atoms with van der Waals surface area (Å²) in [5.41, 5.74) is 6.62. The van der Waals surface area contributed by atoms with Crippen LogP contribution in [-0.4, -0.2) is 24.0 Å². The van der Waals surface area contributed by atoms with Crippen LogP contribution < -0.4 is 5.73 Å². The third-order valence-electron chi connectivity index (χ3n) is 3.70. The first kappa shape index (κ1) is 15.4. The summed E-state index contributed by atoms with van der Waals surface area (Å²) >= 11 is 0. The summed E-state index contributed by atoms with van der Waals surface area (Å²) in [7, 11) is 0. The summed E-state index contributed by atoms with van der Waals surface area (Å²) in [6, 6.07) is 3.92. The predicted octanol–water partition coefficient (Wildman–Crippen LogP) is 3.48. The van der Waals surface area contributed by atoms with Crippen molar-refractivity contribution in [2.45, 2.75) is 45.2 Å². The standard InChI is InChI=1S/C16H24F2N2/c1-11(2)10-20(15-3-4-15)6-5-16(19)12-7-13(17)9-14(18)8-12/h7-9,11,15-16H,3-6,10,19H2,1-2H3. The Morgan fingerprint density at radius 2 is 1.80 bits per heavy atom. The van der Waals surface area contributed by atoms with Crippen molar-refractivity contribution in [1.82, 2.24) is 4.90 Å². The molecule has 0 bridgehead atoms. The molecule has 1 saturated carbocycles. The normalized spacial score (nSPS) is 16.9. The van der Waals surface area contributed by atoms with Crippen LogP contribution in [0.15, 0.2) is 18.2 Å². The van der Waals surface area contributed by atoms with Crippen LogP contribution in [0.3, 0.4) is 0 Å². The van der Waals surface area contributed by atoms with Gasteiger partial charge in [0.05, 0.1) is 0 Å². The van der Waals surface area contributed by atoms with Crippen LogP contribution in [0.25, 0.3) is 0 Å². The maximum absolute atomic E-state index is 13.2. The maximum Gasteiger partial charge on any atom is 0.126 e. The molecule has 0 radical (unpaired) electrons. The average molecular weight is 282 g/mol. The molecule has 2 nitrogen and oxygen atoms in total. The molecule has 112 valence electrons. The fourth-order valence-corrected chi connectivity index (χ4v) is 2.59. The Kier molecular flexibility index (Phi) is 5.11. The van der Waals surface area contributed by atoms with Gasteiger partial charge in [0.15, 0.2) is 0 Å². The van der Waals surface area contributed by atoms with E-state index in [0.29, 0.717) is 17.5 Å². The summed E-state index contributed by atoms with van der Waals surface area (Å²) in [5.74, 6) is -0.494. The molecule has 1 unspecified atom stereocenters. The summed E-state index contributed by atoms with van der Waals surface area (Å²) < 4.78 is 26.4. The van der Waals surface area contributed by atoms with Crippen molar-refractivity contribution in [1.29, 1.82) is 0 Å². The van der Waals surface area contributed by atoms with Gasteiger partial charge in [-0.3, -0.25) is 0 Å². The van der Waals surface area contributed by atoms with E-state index in [2.05, 4.69) is 18.7 Å². The first-order valence-electron chi connectivity index (χ1n) is 7.41. The number of halogens is 2. The van der Waals surface area contributed by atoms with Gasteiger partial charge in [-0.15, -0.1) is 0 Å². The lowest BCUT2D eigenvalue weighted by molar-refractivity contribution is 0.226. The lowest BCUT2D eigenvalue weighted by Gasteiger charge is -2.25. The topological polar surface area (TPSA) is 29.3 Å². The van der Waals surface area contributed by atoms with Gasteiger partial charge >= 0.3 is 0 Å². The third kappa shape index (κ3) is 4.53. The summed E-state index contributed by atoms with van der Waals surface area (Å²) in [4.78, 5) is 2.46. The van der Waals surface area contributed by atoms with Crippen LogP contribution in [0.1, 0.15) is 44.7 Å². The van der Waals surface area contributed by atoms with Gasteiger partial charge in [0, 0.05) is 31.2 Å². The van der Waals surface area contributed by atoms with Gasteiger partial charge in [0.2, 0.25) is 0 Å².